The summed E-state index contributed by atoms with van der Waals surface area (Å²) in [6.07, 6.45) is -0.0382. The fourth-order valence-electron chi connectivity index (χ4n) is 1.94. The maximum atomic E-state index is 11.5. The standard InChI is InChI=1S/C14H20N2O5/c1-9(2)6-11(17)8-15-12-7-10(14(18)21-3)4-5-13(12)16(19)20/h4-5,7,9,11,15,17H,6,8H2,1-3H3. The average Bonchev–Trinajstić information content (AvgIpc) is 2.43. The van der Waals surface area contributed by atoms with E-state index in [0.29, 0.717) is 12.3 Å². The molecule has 1 aromatic rings. The fourth-order valence-corrected chi connectivity index (χ4v) is 1.94. The van der Waals surface area contributed by atoms with Crippen molar-refractivity contribution in [2.24, 2.45) is 5.92 Å². The largest absolute Gasteiger partial charge is 0.465 e. The van der Waals surface area contributed by atoms with Crippen molar-refractivity contribution in [1.82, 2.24) is 0 Å². The molecule has 0 amide bonds. The third kappa shape index (κ3) is 5.03. The molecule has 116 valence electrons. The van der Waals surface area contributed by atoms with E-state index in [1.54, 1.807) is 0 Å². The monoisotopic (exact) mass is 296 g/mol. The Kier molecular flexibility index (Phi) is 6.10. The number of anilines is 1. The minimum absolute atomic E-state index is 0.153. The molecule has 2 N–H and O–H groups in total. The average molecular weight is 296 g/mol. The number of carbonyl (C=O) groups excluding carboxylic acids is 1. The van der Waals surface area contributed by atoms with Crippen LogP contribution >= 0.6 is 0 Å². The van der Waals surface area contributed by atoms with E-state index in [1.807, 2.05) is 13.8 Å². The molecule has 0 aliphatic carbocycles. The molecule has 1 rings (SSSR count). The van der Waals surface area contributed by atoms with Crippen LogP contribution in [0.15, 0.2) is 18.2 Å². The summed E-state index contributed by atoms with van der Waals surface area (Å²) >= 11 is 0. The second-order valence-corrected chi connectivity index (χ2v) is 5.14. The summed E-state index contributed by atoms with van der Waals surface area (Å²) in [6.45, 7) is 4.12. The van der Waals surface area contributed by atoms with Crippen LogP contribution < -0.4 is 5.32 Å². The Balaban J connectivity index is 2.91. The van der Waals surface area contributed by atoms with E-state index in [2.05, 4.69) is 10.1 Å². The number of hydrogen-bond acceptors (Lipinski definition) is 6. The third-order valence-corrected chi connectivity index (χ3v) is 2.89. The maximum absolute atomic E-state index is 11.5. The number of carbonyl (C=O) groups is 1. The summed E-state index contributed by atoms with van der Waals surface area (Å²) < 4.78 is 4.58. The topological polar surface area (TPSA) is 102 Å². The van der Waals surface area contributed by atoms with Crippen molar-refractivity contribution >= 4 is 17.3 Å². The second kappa shape index (κ2) is 7.58. The molecule has 0 saturated carbocycles. The van der Waals surface area contributed by atoms with Gasteiger partial charge in [0.05, 0.1) is 23.7 Å². The first-order chi connectivity index (χ1) is 9.85. The normalized spacial score (nSPS) is 12.0. The Bertz CT molecular complexity index is 516. The fraction of sp³-hybridized carbons (Fsp3) is 0.500. The van der Waals surface area contributed by atoms with Crippen molar-refractivity contribution < 1.29 is 19.6 Å². The summed E-state index contributed by atoms with van der Waals surface area (Å²) in [6, 6.07) is 3.93. The van der Waals surface area contributed by atoms with Crippen molar-refractivity contribution in [1.29, 1.82) is 0 Å². The zero-order chi connectivity index (χ0) is 16.0. The smallest absolute Gasteiger partial charge is 0.337 e. The van der Waals surface area contributed by atoms with Gasteiger partial charge in [-0.15, -0.1) is 0 Å². The lowest BCUT2D eigenvalue weighted by molar-refractivity contribution is -0.384. The van der Waals surface area contributed by atoms with Gasteiger partial charge < -0.3 is 15.2 Å². The van der Waals surface area contributed by atoms with Crippen LogP contribution in [0.2, 0.25) is 0 Å². The summed E-state index contributed by atoms with van der Waals surface area (Å²) in [7, 11) is 1.24. The van der Waals surface area contributed by atoms with Crippen LogP contribution in [0.5, 0.6) is 0 Å². The molecule has 0 heterocycles. The maximum Gasteiger partial charge on any atom is 0.337 e. The van der Waals surface area contributed by atoms with Crippen LogP contribution in [0.3, 0.4) is 0 Å². The molecule has 0 radical (unpaired) electrons. The highest BCUT2D eigenvalue weighted by atomic mass is 16.6. The molecule has 1 aromatic carbocycles. The number of aliphatic hydroxyl groups excluding tert-OH is 1. The number of methoxy groups -OCH3 is 1. The first-order valence-corrected chi connectivity index (χ1v) is 6.63. The Morgan fingerprint density at radius 2 is 2.14 bits per heavy atom. The van der Waals surface area contributed by atoms with Gasteiger partial charge in [-0.25, -0.2) is 4.79 Å². The molecule has 0 saturated heterocycles. The lowest BCUT2D eigenvalue weighted by atomic mass is 10.1. The van der Waals surface area contributed by atoms with Gasteiger partial charge in [-0.2, -0.15) is 0 Å². The zero-order valence-electron chi connectivity index (χ0n) is 12.3. The predicted molar refractivity (Wildman–Crippen MR) is 78.4 cm³/mol. The van der Waals surface area contributed by atoms with Gasteiger partial charge in [-0.05, 0) is 24.5 Å². The van der Waals surface area contributed by atoms with Gasteiger partial charge in [0.15, 0.2) is 0 Å². The number of esters is 1. The summed E-state index contributed by atoms with van der Waals surface area (Å²) in [4.78, 5) is 21.9. The van der Waals surface area contributed by atoms with Crippen LogP contribution in [0.4, 0.5) is 11.4 Å². The molecule has 0 fully saturated rings. The zero-order valence-corrected chi connectivity index (χ0v) is 12.3. The van der Waals surface area contributed by atoms with E-state index in [1.165, 1.54) is 25.3 Å². The highest BCUT2D eigenvalue weighted by Gasteiger charge is 2.18. The van der Waals surface area contributed by atoms with Crippen LogP contribution in [-0.2, 0) is 4.74 Å². The number of nitrogens with one attached hydrogen (secondary N) is 1. The summed E-state index contributed by atoms with van der Waals surface area (Å²) in [5.74, 6) is -0.256. The molecular formula is C14H20N2O5. The molecule has 0 spiro atoms. The van der Waals surface area contributed by atoms with E-state index >= 15 is 0 Å². The second-order valence-electron chi connectivity index (χ2n) is 5.14. The van der Waals surface area contributed by atoms with Crippen molar-refractivity contribution in [2.45, 2.75) is 26.4 Å². The molecule has 0 aliphatic rings. The molecule has 7 heteroatoms. The molecular weight excluding hydrogens is 276 g/mol. The molecule has 0 bridgehead atoms. The van der Waals surface area contributed by atoms with Crippen molar-refractivity contribution in [2.75, 3.05) is 19.0 Å². The van der Waals surface area contributed by atoms with Gasteiger partial charge in [0.2, 0.25) is 0 Å². The van der Waals surface area contributed by atoms with E-state index in [4.69, 9.17) is 0 Å². The third-order valence-electron chi connectivity index (χ3n) is 2.89. The Morgan fingerprint density at radius 3 is 2.67 bits per heavy atom. The minimum Gasteiger partial charge on any atom is -0.465 e. The van der Waals surface area contributed by atoms with E-state index in [0.717, 1.165) is 0 Å². The highest BCUT2D eigenvalue weighted by molar-refractivity contribution is 5.91. The van der Waals surface area contributed by atoms with Gasteiger partial charge in [0.1, 0.15) is 5.69 Å². The molecule has 0 aromatic heterocycles. The van der Waals surface area contributed by atoms with Gasteiger partial charge in [0, 0.05) is 12.6 Å². The minimum atomic E-state index is -0.619. The Hall–Kier alpha value is -2.15. The molecule has 1 atom stereocenters. The lowest BCUT2D eigenvalue weighted by Crippen LogP contribution is -2.21. The number of aliphatic hydroxyl groups is 1. The Labute approximate surface area is 123 Å². The SMILES string of the molecule is COC(=O)c1ccc([N+](=O)[O-])c(NCC(O)CC(C)C)c1. The number of benzene rings is 1. The number of nitrogens with zero attached hydrogens (tertiary/aromatic N) is 1. The van der Waals surface area contributed by atoms with Gasteiger partial charge in [-0.3, -0.25) is 10.1 Å². The van der Waals surface area contributed by atoms with Crippen molar-refractivity contribution in [3.8, 4) is 0 Å². The van der Waals surface area contributed by atoms with E-state index in [9.17, 15) is 20.0 Å². The molecule has 7 nitrogen and oxygen atoms in total. The number of ether oxygens (including phenoxy) is 1. The number of nitro benzene ring substituents is 1. The first kappa shape index (κ1) is 16.9. The number of rotatable bonds is 7. The first-order valence-electron chi connectivity index (χ1n) is 6.63. The van der Waals surface area contributed by atoms with Crippen molar-refractivity contribution in [3.05, 3.63) is 33.9 Å². The highest BCUT2D eigenvalue weighted by Crippen LogP contribution is 2.26. The molecule has 0 aliphatic heterocycles. The lowest BCUT2D eigenvalue weighted by Gasteiger charge is -2.15. The Morgan fingerprint density at radius 1 is 1.48 bits per heavy atom. The predicted octanol–water partition coefficient (Wildman–Crippen LogP) is 2.20. The number of hydrogen-bond donors (Lipinski definition) is 2. The quantitative estimate of drug-likeness (QED) is 0.454. The van der Waals surface area contributed by atoms with Crippen LogP contribution in [0, 0.1) is 16.0 Å². The number of nitro groups is 1. The van der Waals surface area contributed by atoms with Crippen LogP contribution in [0.25, 0.3) is 0 Å². The molecule has 1 unspecified atom stereocenters. The van der Waals surface area contributed by atoms with Crippen LogP contribution in [-0.4, -0.2) is 35.8 Å². The van der Waals surface area contributed by atoms with E-state index in [-0.39, 0.29) is 23.5 Å². The van der Waals surface area contributed by atoms with Gasteiger partial charge in [-0.1, -0.05) is 13.8 Å². The van der Waals surface area contributed by atoms with Crippen molar-refractivity contribution in [3.63, 3.8) is 0 Å². The van der Waals surface area contributed by atoms with Crippen LogP contribution in [0.1, 0.15) is 30.6 Å². The van der Waals surface area contributed by atoms with E-state index < -0.39 is 17.0 Å². The van der Waals surface area contributed by atoms with Gasteiger partial charge >= 0.3 is 5.97 Å². The summed E-state index contributed by atoms with van der Waals surface area (Å²) in [5, 5.41) is 23.6. The van der Waals surface area contributed by atoms with Gasteiger partial charge in [0.25, 0.3) is 5.69 Å². The summed E-state index contributed by atoms with van der Waals surface area (Å²) in [5.41, 5.74) is 0.244. The molecule has 21 heavy (non-hydrogen) atoms.